The largest absolute Gasteiger partial charge is 0.366 e. The smallest absolute Gasteiger partial charge is 0.193 e. The van der Waals surface area contributed by atoms with Gasteiger partial charge in [-0.2, -0.15) is 0 Å². The molecule has 0 bridgehead atoms. The Morgan fingerprint density at radius 3 is 2.15 bits per heavy atom. The number of aliphatic hydroxyl groups excluding tert-OH is 1. The minimum Gasteiger partial charge on any atom is -0.366 e. The summed E-state index contributed by atoms with van der Waals surface area (Å²) in [6.45, 7) is 19.1. The second-order valence-electron chi connectivity index (χ2n) is 5.01. The first-order chi connectivity index (χ1) is 12.5. The van der Waals surface area contributed by atoms with E-state index in [-0.39, 0.29) is 6.04 Å². The maximum Gasteiger partial charge on any atom is 0.193 e. The number of anilines is 1. The van der Waals surface area contributed by atoms with Crippen LogP contribution in [0.1, 0.15) is 46.6 Å². The quantitative estimate of drug-likeness (QED) is 0.270. The van der Waals surface area contributed by atoms with E-state index in [0.717, 1.165) is 10.6 Å². The predicted molar refractivity (Wildman–Crippen MR) is 115 cm³/mol. The first kappa shape index (κ1) is 26.1. The molecule has 0 amide bonds. The van der Waals surface area contributed by atoms with Crippen LogP contribution in [0.4, 0.5) is 5.69 Å². The van der Waals surface area contributed by atoms with Gasteiger partial charge in [0.2, 0.25) is 0 Å². The van der Waals surface area contributed by atoms with Crippen molar-refractivity contribution in [1.29, 1.82) is 0 Å². The number of hydroxylamine groups is 1. The van der Waals surface area contributed by atoms with Crippen molar-refractivity contribution in [3.63, 3.8) is 0 Å². The molecule has 4 nitrogen and oxygen atoms in total. The van der Waals surface area contributed by atoms with E-state index in [1.165, 1.54) is 0 Å². The van der Waals surface area contributed by atoms with E-state index in [2.05, 4.69) is 18.2 Å². The van der Waals surface area contributed by atoms with Crippen molar-refractivity contribution >= 4 is 11.4 Å². The summed E-state index contributed by atoms with van der Waals surface area (Å²) in [5.41, 5.74) is 1.93. The van der Waals surface area contributed by atoms with Gasteiger partial charge in [-0.3, -0.25) is 10.2 Å². The van der Waals surface area contributed by atoms with E-state index in [0.29, 0.717) is 17.8 Å². The highest BCUT2D eigenvalue weighted by Gasteiger charge is 2.19. The molecule has 0 saturated carbocycles. The summed E-state index contributed by atoms with van der Waals surface area (Å²) >= 11 is 0. The maximum atomic E-state index is 10.4. The summed E-state index contributed by atoms with van der Waals surface area (Å²) in [6.07, 6.45) is 6.32. The third-order valence-electron chi connectivity index (χ3n) is 3.08. The zero-order valence-electron chi connectivity index (χ0n) is 17.2. The number of hydrogen-bond acceptors (Lipinski definition) is 4. The number of benzene rings is 1. The molecule has 0 aliphatic carbocycles. The van der Waals surface area contributed by atoms with Gasteiger partial charge >= 0.3 is 0 Å². The van der Waals surface area contributed by atoms with Crippen LogP contribution in [-0.4, -0.2) is 28.3 Å². The topological polar surface area (TPSA) is 56.1 Å². The van der Waals surface area contributed by atoms with Crippen LogP contribution in [0.5, 0.6) is 0 Å². The number of aryl methyl sites for hydroxylation is 1. The summed E-state index contributed by atoms with van der Waals surface area (Å²) in [4.78, 5) is 4.36. The molecule has 1 aromatic rings. The van der Waals surface area contributed by atoms with Crippen molar-refractivity contribution in [1.82, 2.24) is 0 Å². The molecule has 0 aromatic heterocycles. The van der Waals surface area contributed by atoms with Gasteiger partial charge in [0.05, 0.1) is 17.4 Å². The molecule has 26 heavy (non-hydrogen) atoms. The third-order valence-corrected chi connectivity index (χ3v) is 3.08. The average Bonchev–Trinajstić information content (AvgIpc) is 2.69. The van der Waals surface area contributed by atoms with Crippen LogP contribution in [-0.2, 0) is 0 Å². The van der Waals surface area contributed by atoms with Crippen LogP contribution in [0, 0.1) is 6.92 Å². The van der Waals surface area contributed by atoms with Gasteiger partial charge in [-0.05, 0) is 38.5 Å². The Balaban J connectivity index is 0. The van der Waals surface area contributed by atoms with Crippen molar-refractivity contribution in [3.8, 4) is 0 Å². The number of aliphatic imine (C=N–C) groups is 1. The summed E-state index contributed by atoms with van der Waals surface area (Å²) in [6, 6.07) is 7.04. The molecule has 0 fully saturated rings. The predicted octanol–water partition coefficient (Wildman–Crippen LogP) is 5.71. The molecule has 0 aliphatic heterocycles. The Kier molecular flexibility index (Phi) is 16.3. The third kappa shape index (κ3) is 9.97. The summed E-state index contributed by atoms with van der Waals surface area (Å²) in [5.74, 6) is 0. The van der Waals surface area contributed by atoms with Crippen molar-refractivity contribution < 1.29 is 10.3 Å². The van der Waals surface area contributed by atoms with Crippen LogP contribution in [0.3, 0.4) is 0 Å². The molecule has 146 valence electrons. The Labute approximate surface area is 159 Å². The molecular weight excluding hydrogens is 324 g/mol. The lowest BCUT2D eigenvalue weighted by Gasteiger charge is -2.24. The van der Waals surface area contributed by atoms with Crippen LogP contribution in [0.2, 0.25) is 0 Å². The van der Waals surface area contributed by atoms with Gasteiger partial charge in [0.15, 0.2) is 6.23 Å². The minimum atomic E-state index is -1.26. The first-order valence-electron chi connectivity index (χ1n) is 9.20. The van der Waals surface area contributed by atoms with E-state index in [4.69, 9.17) is 0 Å². The Bertz CT molecular complexity index is 548. The molecule has 4 heteroatoms. The lowest BCUT2D eigenvalue weighted by Crippen LogP contribution is -2.38. The van der Waals surface area contributed by atoms with E-state index >= 15 is 0 Å². The monoisotopic (exact) mass is 360 g/mol. The SMILES string of the molecule is C=CC/C=C\C(=NC(C)C=C)C(O)N(O)c1ccc(C)cc1.CC.CC. The zero-order valence-corrected chi connectivity index (χ0v) is 17.2. The highest BCUT2D eigenvalue weighted by molar-refractivity contribution is 5.99. The molecule has 2 atom stereocenters. The molecular formula is C22H36N2O2. The highest BCUT2D eigenvalue weighted by Crippen LogP contribution is 2.16. The van der Waals surface area contributed by atoms with Crippen molar-refractivity contribution in [2.75, 3.05) is 5.06 Å². The van der Waals surface area contributed by atoms with E-state index in [9.17, 15) is 10.3 Å². The molecule has 0 saturated heterocycles. The van der Waals surface area contributed by atoms with E-state index in [1.807, 2.05) is 59.8 Å². The molecule has 0 radical (unpaired) electrons. The lowest BCUT2D eigenvalue weighted by atomic mass is 10.2. The Morgan fingerprint density at radius 2 is 1.69 bits per heavy atom. The lowest BCUT2D eigenvalue weighted by molar-refractivity contribution is 0.112. The fourth-order valence-electron chi connectivity index (χ4n) is 1.73. The second-order valence-corrected chi connectivity index (χ2v) is 5.01. The van der Waals surface area contributed by atoms with Gasteiger partial charge in [0.1, 0.15) is 0 Å². The van der Waals surface area contributed by atoms with E-state index < -0.39 is 6.23 Å². The second kappa shape index (κ2) is 16.3. The van der Waals surface area contributed by atoms with Crippen molar-refractivity contribution in [2.24, 2.45) is 4.99 Å². The van der Waals surface area contributed by atoms with Crippen LogP contribution in [0.15, 0.2) is 66.7 Å². The van der Waals surface area contributed by atoms with Gasteiger partial charge in [-0.25, -0.2) is 5.06 Å². The summed E-state index contributed by atoms with van der Waals surface area (Å²) in [7, 11) is 0. The van der Waals surface area contributed by atoms with Gasteiger partial charge in [-0.1, -0.05) is 63.6 Å². The number of aliphatic hydroxyl groups is 1. The number of allylic oxidation sites excluding steroid dienone is 2. The summed E-state index contributed by atoms with van der Waals surface area (Å²) < 4.78 is 0. The van der Waals surface area contributed by atoms with Crippen molar-refractivity contribution in [2.45, 2.75) is 60.2 Å². The number of rotatable bonds is 8. The standard InChI is InChI=1S/C18H24N2O2.2C2H6/c1-5-7-8-9-17(19-15(4)6-2)18(21)20(22)16-12-10-14(3)11-13-16;2*1-2/h5-6,8-13,15,18,21-22H,1-2,7H2,3-4H3;2*1-2H3/b9-8-,19-17?;;. The normalized spacial score (nSPS) is 12.8. The molecule has 2 unspecified atom stereocenters. The van der Waals surface area contributed by atoms with Gasteiger partial charge in [0, 0.05) is 0 Å². The van der Waals surface area contributed by atoms with Crippen molar-refractivity contribution in [3.05, 3.63) is 67.3 Å². The number of hydrogen-bond donors (Lipinski definition) is 2. The van der Waals surface area contributed by atoms with Crippen LogP contribution >= 0.6 is 0 Å². The Hall–Kier alpha value is -2.17. The molecule has 0 heterocycles. The maximum absolute atomic E-state index is 10.4. The molecule has 1 rings (SSSR count). The summed E-state index contributed by atoms with van der Waals surface area (Å²) in [5, 5.41) is 21.4. The number of nitrogens with zero attached hydrogens (tertiary/aromatic N) is 2. The fraction of sp³-hybridized carbons (Fsp3) is 0.409. The zero-order chi connectivity index (χ0) is 20.5. The highest BCUT2D eigenvalue weighted by atomic mass is 16.5. The molecule has 2 N–H and O–H groups in total. The average molecular weight is 361 g/mol. The van der Waals surface area contributed by atoms with E-state index in [1.54, 1.807) is 30.4 Å². The molecule has 0 spiro atoms. The van der Waals surface area contributed by atoms with Gasteiger partial charge in [0.25, 0.3) is 0 Å². The van der Waals surface area contributed by atoms with Crippen LogP contribution in [0.25, 0.3) is 0 Å². The van der Waals surface area contributed by atoms with Gasteiger partial charge in [-0.15, -0.1) is 13.2 Å². The van der Waals surface area contributed by atoms with Gasteiger partial charge < -0.3 is 5.11 Å². The fourth-order valence-corrected chi connectivity index (χ4v) is 1.73. The Morgan fingerprint density at radius 1 is 1.15 bits per heavy atom. The molecule has 0 aliphatic rings. The van der Waals surface area contributed by atoms with Crippen LogP contribution < -0.4 is 5.06 Å². The molecule has 1 aromatic carbocycles. The first-order valence-corrected chi connectivity index (χ1v) is 9.20. The minimum absolute atomic E-state index is 0.163.